The van der Waals surface area contributed by atoms with Gasteiger partial charge in [0.15, 0.2) is 11.5 Å². The molecule has 0 radical (unpaired) electrons. The molecule has 4 rings (SSSR count). The lowest BCUT2D eigenvalue weighted by atomic mass is 9.91. The SMILES string of the molecule is COc1cc2c(cc1OC)[C@H](COc1ccc([N+](=O)[O-])cc1)N(C(=O)c1cccc(Br)c1)CC2. The molecule has 1 aliphatic heterocycles. The van der Waals surface area contributed by atoms with Crippen molar-refractivity contribution in [3.63, 3.8) is 0 Å². The largest absolute Gasteiger partial charge is 0.493 e. The molecule has 0 spiro atoms. The van der Waals surface area contributed by atoms with E-state index in [0.29, 0.717) is 35.8 Å². The minimum Gasteiger partial charge on any atom is -0.493 e. The Labute approximate surface area is 205 Å². The van der Waals surface area contributed by atoms with Crippen LogP contribution in [-0.4, -0.2) is 43.1 Å². The van der Waals surface area contributed by atoms with Crippen LogP contribution in [-0.2, 0) is 6.42 Å². The third-order valence-corrected chi connectivity index (χ3v) is 6.28. The van der Waals surface area contributed by atoms with Gasteiger partial charge in [0.2, 0.25) is 0 Å². The molecule has 0 aliphatic carbocycles. The summed E-state index contributed by atoms with van der Waals surface area (Å²) in [6.07, 6.45) is 0.656. The van der Waals surface area contributed by atoms with Crippen molar-refractivity contribution >= 4 is 27.5 Å². The van der Waals surface area contributed by atoms with Gasteiger partial charge in [-0.1, -0.05) is 22.0 Å². The van der Waals surface area contributed by atoms with E-state index in [-0.39, 0.29) is 18.2 Å². The lowest BCUT2D eigenvalue weighted by Crippen LogP contribution is -2.42. The molecule has 1 atom stereocenters. The molecule has 1 heterocycles. The molecule has 0 saturated heterocycles. The molecule has 3 aromatic rings. The third-order valence-electron chi connectivity index (χ3n) is 5.79. The Bertz CT molecular complexity index is 1210. The van der Waals surface area contributed by atoms with Crippen molar-refractivity contribution in [1.82, 2.24) is 4.90 Å². The van der Waals surface area contributed by atoms with Gasteiger partial charge in [0.1, 0.15) is 12.4 Å². The summed E-state index contributed by atoms with van der Waals surface area (Å²) in [6, 6.07) is 16.6. The first-order chi connectivity index (χ1) is 16.4. The molecule has 0 aromatic heterocycles. The van der Waals surface area contributed by atoms with Crippen LogP contribution in [0.3, 0.4) is 0 Å². The van der Waals surface area contributed by atoms with Gasteiger partial charge < -0.3 is 19.1 Å². The number of amides is 1. The maximum Gasteiger partial charge on any atom is 0.269 e. The second-order valence-electron chi connectivity index (χ2n) is 7.74. The fourth-order valence-corrected chi connectivity index (χ4v) is 4.48. The highest BCUT2D eigenvalue weighted by molar-refractivity contribution is 9.10. The van der Waals surface area contributed by atoms with E-state index in [1.54, 1.807) is 43.4 Å². The fraction of sp³-hybridized carbons (Fsp3) is 0.240. The number of hydrogen-bond donors (Lipinski definition) is 0. The summed E-state index contributed by atoms with van der Waals surface area (Å²) < 4.78 is 17.8. The van der Waals surface area contributed by atoms with Crippen LogP contribution < -0.4 is 14.2 Å². The van der Waals surface area contributed by atoms with E-state index in [0.717, 1.165) is 15.6 Å². The van der Waals surface area contributed by atoms with E-state index in [4.69, 9.17) is 14.2 Å². The first kappa shape index (κ1) is 23.6. The maximum absolute atomic E-state index is 13.5. The maximum atomic E-state index is 13.5. The summed E-state index contributed by atoms with van der Waals surface area (Å²) >= 11 is 3.43. The summed E-state index contributed by atoms with van der Waals surface area (Å²) in [7, 11) is 3.16. The van der Waals surface area contributed by atoms with Gasteiger partial charge in [0, 0.05) is 28.7 Å². The normalized spacial score (nSPS) is 14.8. The van der Waals surface area contributed by atoms with E-state index < -0.39 is 11.0 Å². The van der Waals surface area contributed by atoms with Crippen LogP contribution in [0.25, 0.3) is 0 Å². The number of carbonyl (C=O) groups is 1. The Kier molecular flexibility index (Phi) is 7.02. The smallest absolute Gasteiger partial charge is 0.269 e. The van der Waals surface area contributed by atoms with E-state index in [1.165, 1.54) is 12.1 Å². The van der Waals surface area contributed by atoms with Crippen LogP contribution >= 0.6 is 15.9 Å². The molecule has 176 valence electrons. The highest BCUT2D eigenvalue weighted by atomic mass is 79.9. The highest BCUT2D eigenvalue weighted by Crippen LogP contribution is 2.39. The zero-order valence-electron chi connectivity index (χ0n) is 18.7. The molecule has 0 saturated carbocycles. The number of benzene rings is 3. The molecule has 1 aliphatic rings. The summed E-state index contributed by atoms with van der Waals surface area (Å²) in [5, 5.41) is 10.9. The molecule has 0 N–H and O–H groups in total. The number of non-ortho nitro benzene ring substituents is 1. The topological polar surface area (TPSA) is 91.1 Å². The number of halogens is 1. The number of nitro benzene ring substituents is 1. The molecule has 3 aromatic carbocycles. The number of hydrogen-bond acceptors (Lipinski definition) is 6. The predicted molar refractivity (Wildman–Crippen MR) is 130 cm³/mol. The Hall–Kier alpha value is -3.59. The van der Waals surface area contributed by atoms with Gasteiger partial charge in [-0.3, -0.25) is 14.9 Å². The van der Waals surface area contributed by atoms with Crippen molar-refractivity contribution in [3.05, 3.63) is 91.9 Å². The summed E-state index contributed by atoms with van der Waals surface area (Å²) in [5.41, 5.74) is 2.51. The average molecular weight is 527 g/mol. The third kappa shape index (κ3) is 4.84. The van der Waals surface area contributed by atoms with Crippen molar-refractivity contribution in [2.75, 3.05) is 27.4 Å². The minimum atomic E-state index is -0.459. The zero-order chi connectivity index (χ0) is 24.2. The molecule has 0 fully saturated rings. The number of fused-ring (bicyclic) bond motifs is 1. The molecule has 0 unspecified atom stereocenters. The van der Waals surface area contributed by atoms with E-state index in [9.17, 15) is 14.9 Å². The van der Waals surface area contributed by atoms with Crippen LogP contribution in [0.15, 0.2) is 65.1 Å². The van der Waals surface area contributed by atoms with E-state index in [1.807, 2.05) is 24.3 Å². The van der Waals surface area contributed by atoms with E-state index in [2.05, 4.69) is 15.9 Å². The van der Waals surface area contributed by atoms with Crippen LogP contribution in [0.5, 0.6) is 17.2 Å². The fourth-order valence-electron chi connectivity index (χ4n) is 4.08. The predicted octanol–water partition coefficient (Wildman–Crippen LogP) is 5.19. The van der Waals surface area contributed by atoms with Gasteiger partial charge in [-0.25, -0.2) is 0 Å². The number of nitro groups is 1. The molecule has 34 heavy (non-hydrogen) atoms. The number of carbonyl (C=O) groups excluding carboxylic acids is 1. The van der Waals surface area contributed by atoms with Gasteiger partial charge >= 0.3 is 0 Å². The van der Waals surface area contributed by atoms with Crippen molar-refractivity contribution < 1.29 is 23.9 Å². The second-order valence-corrected chi connectivity index (χ2v) is 8.66. The lowest BCUT2D eigenvalue weighted by Gasteiger charge is -2.37. The summed E-state index contributed by atoms with van der Waals surface area (Å²) in [4.78, 5) is 25.8. The number of methoxy groups -OCH3 is 2. The highest BCUT2D eigenvalue weighted by Gasteiger charge is 2.33. The standard InChI is InChI=1S/C25H23BrN2O6/c1-32-23-13-16-10-11-27(25(29)17-4-3-5-18(26)12-17)22(21(16)14-24(23)33-2)15-34-20-8-6-19(7-9-20)28(30)31/h3-9,12-14,22H,10-11,15H2,1-2H3/t22-/m0/s1. The Morgan fingerprint density at radius 3 is 2.44 bits per heavy atom. The molecular formula is C25H23BrN2O6. The monoisotopic (exact) mass is 526 g/mol. The Morgan fingerprint density at radius 1 is 1.09 bits per heavy atom. The lowest BCUT2D eigenvalue weighted by molar-refractivity contribution is -0.384. The van der Waals surface area contributed by atoms with Gasteiger partial charge in [0.25, 0.3) is 11.6 Å². The first-order valence-electron chi connectivity index (χ1n) is 10.6. The zero-order valence-corrected chi connectivity index (χ0v) is 20.3. The Morgan fingerprint density at radius 2 is 1.79 bits per heavy atom. The van der Waals surface area contributed by atoms with Crippen LogP contribution in [0.4, 0.5) is 5.69 Å². The molecule has 8 nitrogen and oxygen atoms in total. The minimum absolute atomic E-state index is 0.0151. The number of rotatable bonds is 7. The van der Waals surface area contributed by atoms with Crippen molar-refractivity contribution in [3.8, 4) is 17.2 Å². The van der Waals surface area contributed by atoms with Crippen LogP contribution in [0.2, 0.25) is 0 Å². The summed E-state index contributed by atoms with van der Waals surface area (Å²) in [5.74, 6) is 1.56. The quantitative estimate of drug-likeness (QED) is 0.310. The van der Waals surface area contributed by atoms with Crippen LogP contribution in [0.1, 0.15) is 27.5 Å². The molecule has 9 heteroatoms. The average Bonchev–Trinajstić information content (AvgIpc) is 2.86. The Balaban J connectivity index is 1.68. The molecule has 0 bridgehead atoms. The second kappa shape index (κ2) is 10.1. The summed E-state index contributed by atoms with van der Waals surface area (Å²) in [6.45, 7) is 0.669. The molecule has 1 amide bonds. The van der Waals surface area contributed by atoms with Gasteiger partial charge in [-0.2, -0.15) is 0 Å². The van der Waals surface area contributed by atoms with Gasteiger partial charge in [0.05, 0.1) is 25.2 Å². The van der Waals surface area contributed by atoms with Crippen LogP contribution in [0, 0.1) is 10.1 Å². The first-order valence-corrected chi connectivity index (χ1v) is 11.4. The number of nitrogens with zero attached hydrogens (tertiary/aromatic N) is 2. The van der Waals surface area contributed by atoms with Crippen molar-refractivity contribution in [2.24, 2.45) is 0 Å². The van der Waals surface area contributed by atoms with Gasteiger partial charge in [-0.05, 0) is 60.0 Å². The van der Waals surface area contributed by atoms with Crippen molar-refractivity contribution in [1.29, 1.82) is 0 Å². The van der Waals surface area contributed by atoms with E-state index >= 15 is 0 Å². The van der Waals surface area contributed by atoms with Crippen molar-refractivity contribution in [2.45, 2.75) is 12.5 Å². The number of ether oxygens (including phenoxy) is 3. The van der Waals surface area contributed by atoms with Gasteiger partial charge in [-0.15, -0.1) is 0 Å². The molecular weight excluding hydrogens is 504 g/mol.